The maximum absolute atomic E-state index is 5.87. The maximum Gasteiger partial charge on any atom is 0.227 e. The Bertz CT molecular complexity index is 902. The van der Waals surface area contributed by atoms with E-state index in [1.807, 2.05) is 42.1 Å². The molecule has 0 bridgehead atoms. The summed E-state index contributed by atoms with van der Waals surface area (Å²) >= 11 is 0. The lowest BCUT2D eigenvalue weighted by Gasteiger charge is -2.27. The largest absolute Gasteiger partial charge is 0.399 e. The number of hydrogen-bond donors (Lipinski definition) is 2. The third kappa shape index (κ3) is 3.02. The summed E-state index contributed by atoms with van der Waals surface area (Å²) in [4.78, 5) is 11.8. The molecule has 7 nitrogen and oxygen atoms in total. The number of aryl methyl sites for hydroxylation is 1. The van der Waals surface area contributed by atoms with Crippen LogP contribution in [-0.4, -0.2) is 45.4 Å². The Balaban J connectivity index is 1.78. The molecule has 7 heteroatoms. The predicted octanol–water partition coefficient (Wildman–Crippen LogP) is 1.89. The van der Waals surface area contributed by atoms with Crippen molar-refractivity contribution in [2.75, 3.05) is 30.3 Å². The molecule has 0 radical (unpaired) electrons. The van der Waals surface area contributed by atoms with Gasteiger partial charge in [0, 0.05) is 42.0 Å². The van der Waals surface area contributed by atoms with E-state index in [9.17, 15) is 0 Å². The Kier molecular flexibility index (Phi) is 4.01. The van der Waals surface area contributed by atoms with E-state index in [0.717, 1.165) is 60.1 Å². The van der Waals surface area contributed by atoms with Gasteiger partial charge in [-0.25, -0.2) is 9.67 Å². The molecule has 1 fully saturated rings. The highest BCUT2D eigenvalue weighted by Gasteiger charge is 2.20. The number of aromatic nitrogens is 4. The predicted molar refractivity (Wildman–Crippen MR) is 100 cm³/mol. The highest BCUT2D eigenvalue weighted by Crippen LogP contribution is 2.22. The Morgan fingerprint density at radius 3 is 3.00 bits per heavy atom. The summed E-state index contributed by atoms with van der Waals surface area (Å²) in [5.74, 6) is 1.55. The van der Waals surface area contributed by atoms with Gasteiger partial charge in [-0.15, -0.1) is 0 Å². The molecule has 1 saturated heterocycles. The lowest BCUT2D eigenvalue weighted by Crippen LogP contribution is -2.38. The third-order valence-electron chi connectivity index (χ3n) is 4.62. The quantitative estimate of drug-likeness (QED) is 0.695. The first-order chi connectivity index (χ1) is 12.1. The first-order valence-electron chi connectivity index (χ1n) is 8.68. The lowest BCUT2D eigenvalue weighted by atomic mass is 10.2. The van der Waals surface area contributed by atoms with Gasteiger partial charge in [-0.05, 0) is 45.0 Å². The Morgan fingerprint density at radius 2 is 2.12 bits per heavy atom. The molecule has 0 amide bonds. The number of nitrogens with one attached hydrogen (secondary N) is 1. The van der Waals surface area contributed by atoms with Crippen molar-refractivity contribution in [2.45, 2.75) is 26.3 Å². The number of hydrogen-bond acceptors (Lipinski definition) is 6. The minimum atomic E-state index is 0.353. The normalized spacial score (nSPS) is 18.5. The zero-order valence-electron chi connectivity index (χ0n) is 14.6. The second kappa shape index (κ2) is 6.33. The summed E-state index contributed by atoms with van der Waals surface area (Å²) in [6, 6.07) is 8.11. The van der Waals surface area contributed by atoms with Gasteiger partial charge in [0.25, 0.3) is 0 Å². The molecule has 2 aromatic heterocycles. The van der Waals surface area contributed by atoms with E-state index in [1.54, 1.807) is 0 Å². The summed E-state index contributed by atoms with van der Waals surface area (Å²) in [7, 11) is 0. The summed E-state index contributed by atoms with van der Waals surface area (Å²) in [5.41, 5.74) is 8.53. The van der Waals surface area contributed by atoms with Crippen molar-refractivity contribution >= 4 is 22.5 Å². The van der Waals surface area contributed by atoms with Crippen LogP contribution in [0.1, 0.15) is 19.0 Å². The van der Waals surface area contributed by atoms with Gasteiger partial charge in [-0.3, -0.25) is 0 Å². The van der Waals surface area contributed by atoms with Crippen molar-refractivity contribution in [3.8, 4) is 5.82 Å². The molecule has 1 atom stereocenters. The average molecular weight is 337 g/mol. The van der Waals surface area contributed by atoms with Crippen molar-refractivity contribution in [3.05, 3.63) is 36.2 Å². The summed E-state index contributed by atoms with van der Waals surface area (Å²) in [5, 5.41) is 8.97. The summed E-state index contributed by atoms with van der Waals surface area (Å²) < 4.78 is 1.85. The van der Waals surface area contributed by atoms with Gasteiger partial charge < -0.3 is 16.0 Å². The average Bonchev–Trinajstić information content (AvgIpc) is 2.87. The molecule has 3 heterocycles. The molecule has 1 unspecified atom stereocenters. The van der Waals surface area contributed by atoms with E-state index < -0.39 is 0 Å². The van der Waals surface area contributed by atoms with E-state index in [2.05, 4.69) is 27.2 Å². The molecule has 3 aromatic rings. The fourth-order valence-corrected chi connectivity index (χ4v) is 3.32. The fraction of sp³-hybridized carbons (Fsp3) is 0.389. The molecule has 3 N–H and O–H groups in total. The van der Waals surface area contributed by atoms with Gasteiger partial charge in [0.15, 0.2) is 5.82 Å². The van der Waals surface area contributed by atoms with Crippen LogP contribution in [0.15, 0.2) is 30.5 Å². The van der Waals surface area contributed by atoms with Crippen LogP contribution in [0, 0.1) is 6.92 Å². The Hall–Kier alpha value is -2.67. The van der Waals surface area contributed by atoms with Crippen molar-refractivity contribution in [1.82, 2.24) is 25.1 Å². The van der Waals surface area contributed by atoms with Gasteiger partial charge >= 0.3 is 0 Å². The van der Waals surface area contributed by atoms with Crippen molar-refractivity contribution in [2.24, 2.45) is 0 Å². The summed E-state index contributed by atoms with van der Waals surface area (Å²) in [6.07, 6.45) is 2.91. The molecule has 0 saturated carbocycles. The van der Waals surface area contributed by atoms with Crippen LogP contribution >= 0.6 is 0 Å². The van der Waals surface area contributed by atoms with Crippen LogP contribution in [0.4, 0.5) is 11.6 Å². The highest BCUT2D eigenvalue weighted by molar-refractivity contribution is 5.83. The second-order valence-corrected chi connectivity index (χ2v) is 6.64. The van der Waals surface area contributed by atoms with Crippen molar-refractivity contribution < 1.29 is 0 Å². The minimum absolute atomic E-state index is 0.353. The lowest BCUT2D eigenvalue weighted by molar-refractivity contribution is 0.617. The maximum atomic E-state index is 5.87. The van der Waals surface area contributed by atoms with E-state index in [4.69, 9.17) is 10.7 Å². The standard InChI is InChI=1S/C18H23N7/c1-12-8-17(25-16-5-4-15(19)9-14(16)11-21-25)23-18(22-12)24-7-3-6-20-10-13(24)2/h4-5,8-9,11,13,20H,3,6-7,10,19H2,1-2H3. The number of rotatable bonds is 2. The minimum Gasteiger partial charge on any atom is -0.399 e. The van der Waals surface area contributed by atoms with Crippen LogP contribution in [-0.2, 0) is 0 Å². The molecule has 1 aliphatic heterocycles. The van der Waals surface area contributed by atoms with Crippen LogP contribution in [0.25, 0.3) is 16.7 Å². The molecule has 0 spiro atoms. The topological polar surface area (TPSA) is 84.9 Å². The zero-order chi connectivity index (χ0) is 17.4. The molecule has 130 valence electrons. The molecule has 25 heavy (non-hydrogen) atoms. The van der Waals surface area contributed by atoms with Crippen molar-refractivity contribution in [1.29, 1.82) is 0 Å². The van der Waals surface area contributed by atoms with Crippen LogP contribution < -0.4 is 16.0 Å². The molecular weight excluding hydrogens is 314 g/mol. The van der Waals surface area contributed by atoms with Crippen LogP contribution in [0.3, 0.4) is 0 Å². The number of nitrogens with zero attached hydrogens (tertiary/aromatic N) is 5. The van der Waals surface area contributed by atoms with Gasteiger partial charge in [-0.1, -0.05) is 0 Å². The number of nitrogen functional groups attached to an aromatic ring is 1. The van der Waals surface area contributed by atoms with E-state index >= 15 is 0 Å². The van der Waals surface area contributed by atoms with Crippen LogP contribution in [0.2, 0.25) is 0 Å². The van der Waals surface area contributed by atoms with Gasteiger partial charge in [0.1, 0.15) is 0 Å². The van der Waals surface area contributed by atoms with E-state index in [1.165, 1.54) is 0 Å². The molecule has 4 rings (SSSR count). The highest BCUT2D eigenvalue weighted by atomic mass is 15.3. The first-order valence-corrected chi connectivity index (χ1v) is 8.68. The van der Waals surface area contributed by atoms with Gasteiger partial charge in [0.05, 0.1) is 11.7 Å². The Morgan fingerprint density at radius 1 is 1.24 bits per heavy atom. The molecular formula is C18H23N7. The summed E-state index contributed by atoms with van der Waals surface area (Å²) in [6.45, 7) is 7.13. The van der Waals surface area contributed by atoms with Crippen molar-refractivity contribution in [3.63, 3.8) is 0 Å². The molecule has 0 aliphatic carbocycles. The Labute approximate surface area is 146 Å². The number of anilines is 2. The number of benzene rings is 1. The van der Waals surface area contributed by atoms with Gasteiger partial charge in [0.2, 0.25) is 5.95 Å². The van der Waals surface area contributed by atoms with Crippen LogP contribution in [0.5, 0.6) is 0 Å². The zero-order valence-corrected chi connectivity index (χ0v) is 14.6. The molecule has 1 aromatic carbocycles. The smallest absolute Gasteiger partial charge is 0.227 e. The molecule has 1 aliphatic rings. The number of fused-ring (bicyclic) bond motifs is 1. The SMILES string of the molecule is Cc1cc(-n2ncc3cc(N)ccc32)nc(N2CCCNCC2C)n1. The van der Waals surface area contributed by atoms with E-state index in [-0.39, 0.29) is 0 Å². The fourth-order valence-electron chi connectivity index (χ4n) is 3.32. The monoisotopic (exact) mass is 337 g/mol. The van der Waals surface area contributed by atoms with E-state index in [0.29, 0.717) is 6.04 Å². The second-order valence-electron chi connectivity index (χ2n) is 6.64. The third-order valence-corrected chi connectivity index (χ3v) is 4.62. The first kappa shape index (κ1) is 15.8. The van der Waals surface area contributed by atoms with Gasteiger partial charge in [-0.2, -0.15) is 10.1 Å². The number of nitrogens with two attached hydrogens (primary N) is 1.